The highest BCUT2D eigenvalue weighted by atomic mass is 15.2. The summed E-state index contributed by atoms with van der Waals surface area (Å²) in [5.74, 6) is 1.50. The summed E-state index contributed by atoms with van der Waals surface area (Å²) in [7, 11) is 2.18. The van der Waals surface area contributed by atoms with Gasteiger partial charge in [0.15, 0.2) is 0 Å². The fourth-order valence-electron chi connectivity index (χ4n) is 1.26. The fraction of sp³-hybridized carbons (Fsp3) is 0.857. The molecule has 0 atom stereocenters. The molecular weight excluding hydrogens is 196 g/mol. The summed E-state index contributed by atoms with van der Waals surface area (Å²) in [5, 5.41) is 0. The smallest absolute Gasteiger partial charge is 0.0300 e. The van der Waals surface area contributed by atoms with Gasteiger partial charge in [0.25, 0.3) is 0 Å². The lowest BCUT2D eigenvalue weighted by Gasteiger charge is -2.31. The standard InChI is InChI=1S/C10H20N2.C4H10/c1-10(2)4-5-12-8-6-11(3)7-9-12;1-4(2)3/h4-5,10H,6-9H2,1-3H3;4H,1-3H3. The Morgan fingerprint density at radius 3 is 1.69 bits per heavy atom. The molecule has 0 unspecified atom stereocenters. The molecule has 1 fully saturated rings. The van der Waals surface area contributed by atoms with Crippen LogP contribution in [0.5, 0.6) is 0 Å². The maximum absolute atomic E-state index is 2.40. The molecule has 0 N–H and O–H groups in total. The lowest BCUT2D eigenvalue weighted by molar-refractivity contribution is 0.198. The average molecular weight is 226 g/mol. The Bertz CT molecular complexity index is 174. The SMILES string of the molecule is CC(C)C.CC(C)C=CN1CCN(C)CC1. The third kappa shape index (κ3) is 10.0. The van der Waals surface area contributed by atoms with Crippen LogP contribution in [0.1, 0.15) is 34.6 Å². The Morgan fingerprint density at radius 1 is 0.875 bits per heavy atom. The molecule has 0 spiro atoms. The van der Waals surface area contributed by atoms with E-state index in [0.29, 0.717) is 5.92 Å². The van der Waals surface area contributed by atoms with E-state index < -0.39 is 0 Å². The quantitative estimate of drug-likeness (QED) is 0.714. The van der Waals surface area contributed by atoms with Gasteiger partial charge in [-0.2, -0.15) is 0 Å². The molecule has 0 aromatic heterocycles. The highest BCUT2D eigenvalue weighted by Gasteiger charge is 2.09. The van der Waals surface area contributed by atoms with Crippen molar-refractivity contribution < 1.29 is 0 Å². The molecule has 2 heteroatoms. The Morgan fingerprint density at radius 2 is 1.31 bits per heavy atom. The second-order valence-electron chi connectivity index (χ2n) is 5.66. The number of piperazine rings is 1. The summed E-state index contributed by atoms with van der Waals surface area (Å²) in [4.78, 5) is 4.78. The van der Waals surface area contributed by atoms with Gasteiger partial charge in [0.1, 0.15) is 0 Å². The van der Waals surface area contributed by atoms with Crippen molar-refractivity contribution >= 4 is 0 Å². The van der Waals surface area contributed by atoms with Crippen molar-refractivity contribution in [2.75, 3.05) is 33.2 Å². The molecule has 2 nitrogen and oxygen atoms in total. The van der Waals surface area contributed by atoms with Crippen LogP contribution in [0.3, 0.4) is 0 Å². The Hall–Kier alpha value is -0.500. The minimum atomic E-state index is 0.671. The van der Waals surface area contributed by atoms with Crippen molar-refractivity contribution in [1.82, 2.24) is 9.80 Å². The van der Waals surface area contributed by atoms with E-state index in [1.165, 1.54) is 26.2 Å². The van der Waals surface area contributed by atoms with Crippen LogP contribution in [0.2, 0.25) is 0 Å². The van der Waals surface area contributed by atoms with E-state index in [9.17, 15) is 0 Å². The summed E-state index contributed by atoms with van der Waals surface area (Å²) < 4.78 is 0. The van der Waals surface area contributed by atoms with Crippen LogP contribution in [0.4, 0.5) is 0 Å². The summed E-state index contributed by atoms with van der Waals surface area (Å²) >= 11 is 0. The molecule has 0 aromatic carbocycles. The van der Waals surface area contributed by atoms with E-state index in [1.54, 1.807) is 0 Å². The molecule has 1 rings (SSSR count). The molecule has 16 heavy (non-hydrogen) atoms. The van der Waals surface area contributed by atoms with Crippen molar-refractivity contribution in [3.63, 3.8) is 0 Å². The monoisotopic (exact) mass is 226 g/mol. The zero-order valence-electron chi connectivity index (χ0n) is 12.0. The lowest BCUT2D eigenvalue weighted by atomic mass is 10.2. The van der Waals surface area contributed by atoms with Gasteiger partial charge >= 0.3 is 0 Å². The molecule has 0 saturated carbocycles. The number of nitrogens with zero attached hydrogens (tertiary/aromatic N) is 2. The molecule has 1 saturated heterocycles. The Kier molecular flexibility index (Phi) is 8.36. The number of allylic oxidation sites excluding steroid dienone is 1. The first-order valence-electron chi connectivity index (χ1n) is 6.52. The zero-order chi connectivity index (χ0) is 12.6. The highest BCUT2D eigenvalue weighted by Crippen LogP contribution is 2.01. The molecule has 0 bridgehead atoms. The van der Waals surface area contributed by atoms with E-state index in [1.807, 2.05) is 0 Å². The maximum Gasteiger partial charge on any atom is 0.0300 e. The van der Waals surface area contributed by atoms with Crippen molar-refractivity contribution in [1.29, 1.82) is 0 Å². The average Bonchev–Trinajstić information content (AvgIpc) is 2.16. The first-order valence-corrected chi connectivity index (χ1v) is 6.52. The molecule has 0 amide bonds. The molecule has 0 aromatic rings. The third-order valence-electron chi connectivity index (χ3n) is 2.22. The van der Waals surface area contributed by atoms with Crippen molar-refractivity contribution in [3.8, 4) is 0 Å². The Balaban J connectivity index is 0.000000487. The van der Waals surface area contributed by atoms with E-state index in [4.69, 9.17) is 0 Å². The van der Waals surface area contributed by atoms with Crippen LogP contribution in [0.15, 0.2) is 12.3 Å². The van der Waals surface area contributed by atoms with Crippen molar-refractivity contribution in [3.05, 3.63) is 12.3 Å². The van der Waals surface area contributed by atoms with Crippen LogP contribution in [-0.2, 0) is 0 Å². The van der Waals surface area contributed by atoms with Crippen LogP contribution in [0, 0.1) is 11.8 Å². The van der Waals surface area contributed by atoms with Crippen LogP contribution in [-0.4, -0.2) is 43.0 Å². The maximum atomic E-state index is 2.40. The van der Waals surface area contributed by atoms with Gasteiger partial charge in [0.05, 0.1) is 0 Å². The molecule has 1 aliphatic heterocycles. The largest absolute Gasteiger partial charge is 0.375 e. The van der Waals surface area contributed by atoms with Gasteiger partial charge in [-0.3, -0.25) is 0 Å². The van der Waals surface area contributed by atoms with Gasteiger partial charge in [-0.25, -0.2) is 0 Å². The van der Waals surface area contributed by atoms with Crippen LogP contribution in [0.25, 0.3) is 0 Å². The molecular formula is C14H30N2. The second kappa shape index (κ2) is 8.63. The van der Waals surface area contributed by atoms with Crippen LogP contribution < -0.4 is 0 Å². The third-order valence-corrected chi connectivity index (χ3v) is 2.22. The number of hydrogen-bond donors (Lipinski definition) is 0. The minimum absolute atomic E-state index is 0.671. The first kappa shape index (κ1) is 15.5. The van der Waals surface area contributed by atoms with E-state index in [-0.39, 0.29) is 0 Å². The number of hydrogen-bond acceptors (Lipinski definition) is 2. The van der Waals surface area contributed by atoms with Gasteiger partial charge in [-0.1, -0.05) is 40.7 Å². The summed E-state index contributed by atoms with van der Waals surface area (Å²) in [6, 6.07) is 0. The van der Waals surface area contributed by atoms with E-state index >= 15 is 0 Å². The summed E-state index contributed by atoms with van der Waals surface area (Å²) in [6.45, 7) is 15.7. The first-order chi connectivity index (χ1) is 7.41. The zero-order valence-corrected chi connectivity index (χ0v) is 12.0. The minimum Gasteiger partial charge on any atom is -0.375 e. The second-order valence-corrected chi connectivity index (χ2v) is 5.66. The van der Waals surface area contributed by atoms with Gasteiger partial charge in [-0.05, 0) is 25.1 Å². The van der Waals surface area contributed by atoms with Gasteiger partial charge in [0.2, 0.25) is 0 Å². The van der Waals surface area contributed by atoms with E-state index in [2.05, 4.69) is 63.7 Å². The molecule has 1 aliphatic rings. The normalized spacial score (nSPS) is 18.1. The topological polar surface area (TPSA) is 6.48 Å². The molecule has 96 valence electrons. The van der Waals surface area contributed by atoms with Gasteiger partial charge in [0, 0.05) is 26.2 Å². The predicted octanol–water partition coefficient (Wildman–Crippen LogP) is 3.07. The van der Waals surface area contributed by atoms with Gasteiger partial charge < -0.3 is 9.80 Å². The van der Waals surface area contributed by atoms with Crippen molar-refractivity contribution in [2.24, 2.45) is 11.8 Å². The van der Waals surface area contributed by atoms with E-state index in [0.717, 1.165) is 5.92 Å². The highest BCUT2D eigenvalue weighted by molar-refractivity contribution is 4.87. The summed E-state index contributed by atoms with van der Waals surface area (Å²) in [6.07, 6.45) is 4.52. The lowest BCUT2D eigenvalue weighted by Crippen LogP contribution is -2.41. The number of likely N-dealkylation sites (N-methyl/N-ethyl adjacent to an activating group) is 1. The molecule has 1 heterocycles. The molecule has 0 radical (unpaired) electrons. The van der Waals surface area contributed by atoms with Crippen LogP contribution >= 0.6 is 0 Å². The Labute approximate surface area is 102 Å². The summed E-state index contributed by atoms with van der Waals surface area (Å²) in [5.41, 5.74) is 0. The fourth-order valence-corrected chi connectivity index (χ4v) is 1.26. The van der Waals surface area contributed by atoms with Crippen molar-refractivity contribution in [2.45, 2.75) is 34.6 Å². The molecule has 0 aliphatic carbocycles. The number of rotatable bonds is 2. The van der Waals surface area contributed by atoms with Gasteiger partial charge in [-0.15, -0.1) is 0 Å². The predicted molar refractivity (Wildman–Crippen MR) is 73.6 cm³/mol.